The summed E-state index contributed by atoms with van der Waals surface area (Å²) >= 11 is 0. The zero-order valence-electron chi connectivity index (χ0n) is 24.4. The van der Waals surface area contributed by atoms with E-state index in [2.05, 4.69) is 33.0 Å². The number of phenols is 1. The van der Waals surface area contributed by atoms with Gasteiger partial charge < -0.3 is 25.4 Å². The van der Waals surface area contributed by atoms with Gasteiger partial charge in [-0.05, 0) is 121 Å². The number of aromatic hydroxyl groups is 1. The number of aliphatic hydroxyl groups excluding tert-OH is 2. The van der Waals surface area contributed by atoms with Crippen molar-refractivity contribution in [3.05, 3.63) is 29.8 Å². The lowest BCUT2D eigenvalue weighted by Crippen LogP contribution is -2.62. The molecule has 11 atom stereocenters. The Kier molecular flexibility index (Phi) is 8.28. The van der Waals surface area contributed by atoms with Gasteiger partial charge in [0, 0.05) is 6.54 Å². The molecule has 4 N–H and O–H groups in total. The Balaban J connectivity index is 1.19. The minimum absolute atomic E-state index is 0.205. The van der Waals surface area contributed by atoms with Crippen LogP contribution in [0.5, 0.6) is 5.75 Å². The Morgan fingerprint density at radius 2 is 1.72 bits per heavy atom. The van der Waals surface area contributed by atoms with Crippen molar-refractivity contribution in [2.45, 2.75) is 104 Å². The Morgan fingerprint density at radius 1 is 1.03 bits per heavy atom. The van der Waals surface area contributed by atoms with Crippen molar-refractivity contribution in [1.82, 2.24) is 5.32 Å². The number of alkyl carbamates (subject to hydrolysis) is 1. The summed E-state index contributed by atoms with van der Waals surface area (Å²) in [5, 5.41) is 34.6. The molecule has 1 amide bonds. The number of hydrogen-bond acceptors (Lipinski definition) is 5. The van der Waals surface area contributed by atoms with Crippen molar-refractivity contribution in [2.75, 3.05) is 6.61 Å². The predicted octanol–water partition coefficient (Wildman–Crippen LogP) is 6.27. The molecule has 0 spiro atoms. The molecule has 4 aliphatic carbocycles. The first-order valence-electron chi connectivity index (χ1n) is 15.6. The van der Waals surface area contributed by atoms with E-state index in [9.17, 15) is 20.1 Å². The number of carbonyl (C=O) groups excluding carboxylic acids is 1. The van der Waals surface area contributed by atoms with E-state index >= 15 is 0 Å². The molecule has 3 unspecified atom stereocenters. The second-order valence-corrected chi connectivity index (χ2v) is 14.0. The van der Waals surface area contributed by atoms with Gasteiger partial charge in [-0.15, -0.1) is 0 Å². The highest BCUT2D eigenvalue weighted by atomic mass is 16.5. The molecule has 1 aromatic carbocycles. The van der Waals surface area contributed by atoms with Crippen LogP contribution in [0.2, 0.25) is 0 Å². The fourth-order valence-electron chi connectivity index (χ4n) is 10.3. The number of phenolic OH excluding ortho intramolecular Hbond substituents is 1. The number of nitrogens with one attached hydrogen (secondary N) is 1. The molecule has 0 aliphatic heterocycles. The van der Waals surface area contributed by atoms with Crippen LogP contribution >= 0.6 is 0 Å². The Labute approximate surface area is 234 Å². The summed E-state index contributed by atoms with van der Waals surface area (Å²) in [6.45, 7) is 10.3. The van der Waals surface area contributed by atoms with Crippen LogP contribution in [-0.2, 0) is 11.3 Å². The van der Waals surface area contributed by atoms with E-state index in [4.69, 9.17) is 4.74 Å². The summed E-state index contributed by atoms with van der Waals surface area (Å²) < 4.78 is 5.54. The van der Waals surface area contributed by atoms with Gasteiger partial charge in [-0.25, -0.2) is 4.79 Å². The van der Waals surface area contributed by atoms with Gasteiger partial charge in [0.25, 0.3) is 0 Å². The zero-order valence-corrected chi connectivity index (χ0v) is 24.4. The van der Waals surface area contributed by atoms with Crippen molar-refractivity contribution < 1.29 is 24.9 Å². The summed E-state index contributed by atoms with van der Waals surface area (Å²) in [5.74, 6) is 3.44. The van der Waals surface area contributed by atoms with E-state index in [0.717, 1.165) is 37.7 Å². The van der Waals surface area contributed by atoms with Gasteiger partial charge in [-0.2, -0.15) is 0 Å². The maximum Gasteiger partial charge on any atom is 0.407 e. The number of carbonyl (C=O) groups is 1. The van der Waals surface area contributed by atoms with Crippen LogP contribution in [0.15, 0.2) is 24.3 Å². The maximum absolute atomic E-state index is 12.3. The molecule has 218 valence electrons. The molecule has 6 heteroatoms. The molecule has 0 saturated heterocycles. The number of aliphatic hydroxyl groups is 2. The third kappa shape index (κ3) is 5.21. The monoisotopic (exact) mass is 541 g/mol. The molecule has 4 aliphatic rings. The van der Waals surface area contributed by atoms with Crippen molar-refractivity contribution >= 4 is 6.09 Å². The predicted molar refractivity (Wildman–Crippen MR) is 152 cm³/mol. The highest BCUT2D eigenvalue weighted by molar-refractivity contribution is 5.67. The summed E-state index contributed by atoms with van der Waals surface area (Å²) in [6.07, 6.45) is 8.64. The van der Waals surface area contributed by atoms with Crippen LogP contribution in [0, 0.1) is 52.3 Å². The molecule has 0 radical (unpaired) electrons. The normalized spacial score (nSPS) is 42.1. The van der Waals surface area contributed by atoms with Crippen LogP contribution in [-0.4, -0.2) is 40.2 Å². The highest BCUT2D eigenvalue weighted by Gasteiger charge is 2.64. The average molecular weight is 542 g/mol. The molecule has 0 heterocycles. The van der Waals surface area contributed by atoms with Gasteiger partial charge in [-0.1, -0.05) is 46.2 Å². The summed E-state index contributed by atoms with van der Waals surface area (Å²) in [4.78, 5) is 12.3. The fraction of sp³-hybridized carbons (Fsp3) is 0.788. The smallest absolute Gasteiger partial charge is 0.407 e. The van der Waals surface area contributed by atoms with E-state index in [-0.39, 0.29) is 28.8 Å². The van der Waals surface area contributed by atoms with Gasteiger partial charge in [0.05, 0.1) is 18.8 Å². The molecule has 1 aromatic rings. The molecule has 6 nitrogen and oxygen atoms in total. The lowest BCUT2D eigenvalue weighted by atomic mass is 9.41. The average Bonchev–Trinajstić information content (AvgIpc) is 3.27. The first-order valence-corrected chi connectivity index (χ1v) is 15.6. The molecule has 5 rings (SSSR count). The maximum atomic E-state index is 12.3. The van der Waals surface area contributed by atoms with Crippen molar-refractivity contribution in [1.29, 1.82) is 0 Å². The number of hydrogen-bond donors (Lipinski definition) is 4. The van der Waals surface area contributed by atoms with Gasteiger partial charge in [0.2, 0.25) is 0 Å². The van der Waals surface area contributed by atoms with E-state index in [1.54, 1.807) is 24.3 Å². The number of benzene rings is 1. The van der Waals surface area contributed by atoms with Crippen molar-refractivity contribution in [3.63, 3.8) is 0 Å². The van der Waals surface area contributed by atoms with Crippen molar-refractivity contribution in [3.8, 4) is 5.75 Å². The lowest BCUT2D eigenvalue weighted by molar-refractivity contribution is -0.203. The third-order valence-electron chi connectivity index (χ3n) is 12.3. The van der Waals surface area contributed by atoms with Crippen LogP contribution < -0.4 is 5.32 Å². The van der Waals surface area contributed by atoms with Crippen LogP contribution in [0.3, 0.4) is 0 Å². The SMILES string of the molecule is CC[C@H]1[C@@H](O)[C@H]2C3CCC([C@H](C)CCOC(=O)NCc4ccc(O)cc4)[C@@]3(C)CCC2[C@@]2(C)CC[C@@H](O)C[C@@H]12. The Hall–Kier alpha value is -1.79. The van der Waals surface area contributed by atoms with Crippen LogP contribution in [0.25, 0.3) is 0 Å². The standard InChI is InChI=1S/C33H51NO5/c1-5-24-28-18-23(36)12-15-33(28,4)27-13-16-32(3)25(10-11-26(32)29(27)30(24)37)20(2)14-17-39-31(38)34-19-21-6-8-22(35)9-7-21/h6-9,20,23-30,35-37H,5,10-19H2,1-4H3,(H,34,38)/t20-,23-,24-,25?,26?,27?,28+,29+,30-,32-,33-/m1/s1. The third-order valence-corrected chi connectivity index (χ3v) is 12.3. The van der Waals surface area contributed by atoms with Gasteiger partial charge >= 0.3 is 6.09 Å². The number of ether oxygens (including phenoxy) is 1. The molecular formula is C33H51NO5. The minimum atomic E-state index is -0.400. The molecule has 0 aromatic heterocycles. The topological polar surface area (TPSA) is 99.0 Å². The lowest BCUT2D eigenvalue weighted by Gasteiger charge is -2.64. The van der Waals surface area contributed by atoms with Gasteiger partial charge in [0.15, 0.2) is 0 Å². The van der Waals surface area contributed by atoms with Gasteiger partial charge in [0.1, 0.15) is 5.75 Å². The summed E-state index contributed by atoms with van der Waals surface area (Å²) in [7, 11) is 0. The summed E-state index contributed by atoms with van der Waals surface area (Å²) in [6, 6.07) is 6.79. The second-order valence-electron chi connectivity index (χ2n) is 14.0. The molecule has 4 fully saturated rings. The molecule has 39 heavy (non-hydrogen) atoms. The van der Waals surface area contributed by atoms with Crippen molar-refractivity contribution in [2.24, 2.45) is 52.3 Å². The van der Waals surface area contributed by atoms with Gasteiger partial charge in [-0.3, -0.25) is 0 Å². The second kappa shape index (κ2) is 11.2. The quantitative estimate of drug-likeness (QED) is 0.326. The molecule has 0 bridgehead atoms. The van der Waals surface area contributed by atoms with Crippen LogP contribution in [0.4, 0.5) is 4.79 Å². The minimum Gasteiger partial charge on any atom is -0.508 e. The zero-order chi connectivity index (χ0) is 27.9. The number of rotatable bonds is 7. The Morgan fingerprint density at radius 3 is 2.44 bits per heavy atom. The number of amides is 1. The largest absolute Gasteiger partial charge is 0.508 e. The molecular weight excluding hydrogens is 490 g/mol. The highest BCUT2D eigenvalue weighted by Crippen LogP contribution is 2.69. The van der Waals surface area contributed by atoms with E-state index in [0.29, 0.717) is 54.6 Å². The van der Waals surface area contributed by atoms with E-state index < -0.39 is 6.09 Å². The first-order chi connectivity index (χ1) is 18.6. The first kappa shape index (κ1) is 28.7. The fourth-order valence-corrected chi connectivity index (χ4v) is 10.3. The van der Waals surface area contributed by atoms with E-state index in [1.165, 1.54) is 25.7 Å². The molecule has 4 saturated carbocycles. The summed E-state index contributed by atoms with van der Waals surface area (Å²) in [5.41, 5.74) is 1.37. The Bertz CT molecular complexity index is 998. The van der Waals surface area contributed by atoms with E-state index in [1.807, 2.05) is 0 Å². The number of fused-ring (bicyclic) bond motifs is 5. The van der Waals surface area contributed by atoms with Crippen LogP contribution in [0.1, 0.15) is 91.0 Å².